The Morgan fingerprint density at radius 3 is 2.48 bits per heavy atom. The van der Waals surface area contributed by atoms with Gasteiger partial charge in [0.1, 0.15) is 12.9 Å². The minimum atomic E-state index is -0.467. The van der Waals surface area contributed by atoms with E-state index in [2.05, 4.69) is 0 Å². The molecule has 0 aliphatic heterocycles. The summed E-state index contributed by atoms with van der Waals surface area (Å²) in [5.74, 6) is 0.545. The summed E-state index contributed by atoms with van der Waals surface area (Å²) in [6.07, 6.45) is 0.707. The van der Waals surface area contributed by atoms with Crippen LogP contribution in [0.1, 0.15) is 15.9 Å². The molecule has 110 valence electrons. The Morgan fingerprint density at radius 1 is 1.05 bits per heavy atom. The third-order valence-electron chi connectivity index (χ3n) is 2.97. The molecule has 0 N–H and O–H groups in total. The maximum Gasteiger partial charge on any atom is 0.171 e. The average Bonchev–Trinajstić information content (AvgIpc) is 2.53. The lowest BCUT2D eigenvalue weighted by atomic mass is 10.2. The smallest absolute Gasteiger partial charge is 0.171 e. The van der Waals surface area contributed by atoms with E-state index >= 15 is 0 Å². The number of methoxy groups -OCH3 is 2. The van der Waals surface area contributed by atoms with Gasteiger partial charge in [0, 0.05) is 11.1 Å². The molecule has 0 heterocycles. The van der Waals surface area contributed by atoms with Crippen LogP contribution < -0.4 is 14.2 Å². The van der Waals surface area contributed by atoms with E-state index in [4.69, 9.17) is 14.2 Å². The van der Waals surface area contributed by atoms with E-state index in [1.807, 2.05) is 0 Å². The summed E-state index contributed by atoms with van der Waals surface area (Å²) < 4.78 is 29.6. The summed E-state index contributed by atoms with van der Waals surface area (Å²) in [5, 5.41) is 0. The topological polar surface area (TPSA) is 44.8 Å². The van der Waals surface area contributed by atoms with Crippen molar-refractivity contribution in [2.24, 2.45) is 0 Å². The molecule has 0 bridgehead atoms. The van der Waals surface area contributed by atoms with E-state index in [1.165, 1.54) is 20.3 Å². The van der Waals surface area contributed by atoms with E-state index in [9.17, 15) is 9.18 Å². The molecule has 0 radical (unpaired) electrons. The van der Waals surface area contributed by atoms with E-state index < -0.39 is 5.82 Å². The highest BCUT2D eigenvalue weighted by molar-refractivity contribution is 5.76. The first kappa shape index (κ1) is 14.8. The second-order valence-corrected chi connectivity index (χ2v) is 4.25. The van der Waals surface area contributed by atoms with Gasteiger partial charge in [0.25, 0.3) is 0 Å². The first-order valence-corrected chi connectivity index (χ1v) is 6.27. The molecule has 21 heavy (non-hydrogen) atoms. The molecule has 2 aromatic rings. The fourth-order valence-electron chi connectivity index (χ4n) is 1.86. The molecular formula is C16H15FO4. The molecule has 5 heteroatoms. The Balaban J connectivity index is 2.21. The van der Waals surface area contributed by atoms with Crippen LogP contribution in [0.25, 0.3) is 0 Å². The Hall–Kier alpha value is -2.56. The highest BCUT2D eigenvalue weighted by Gasteiger charge is 2.11. The minimum absolute atomic E-state index is 0.00169. The van der Waals surface area contributed by atoms with Gasteiger partial charge in [-0.25, -0.2) is 4.39 Å². The van der Waals surface area contributed by atoms with Crippen LogP contribution in [-0.4, -0.2) is 20.5 Å². The fraction of sp³-hybridized carbons (Fsp3) is 0.188. The van der Waals surface area contributed by atoms with E-state index in [0.717, 1.165) is 0 Å². The molecule has 0 atom stereocenters. The number of ether oxygens (including phenoxy) is 3. The zero-order valence-electron chi connectivity index (χ0n) is 11.8. The summed E-state index contributed by atoms with van der Waals surface area (Å²) in [4.78, 5) is 10.8. The highest BCUT2D eigenvalue weighted by atomic mass is 19.1. The van der Waals surface area contributed by atoms with Gasteiger partial charge in [-0.15, -0.1) is 0 Å². The minimum Gasteiger partial charge on any atom is -0.494 e. The number of aldehydes is 1. The number of rotatable bonds is 6. The molecule has 0 spiro atoms. The first-order valence-electron chi connectivity index (χ1n) is 6.27. The lowest BCUT2D eigenvalue weighted by Gasteiger charge is -2.12. The first-order chi connectivity index (χ1) is 10.2. The summed E-state index contributed by atoms with van der Waals surface area (Å²) in [5.41, 5.74) is 0.810. The largest absolute Gasteiger partial charge is 0.494 e. The molecule has 2 rings (SSSR count). The normalized spacial score (nSPS) is 10.0. The van der Waals surface area contributed by atoms with Crippen LogP contribution in [0, 0.1) is 5.82 Å². The standard InChI is InChI=1S/C16H15FO4/c1-19-13-7-6-11(9-18)8-15(13)21-10-12-4-3-5-14(20-2)16(12)17/h3-9H,10H2,1-2H3. The van der Waals surface area contributed by atoms with E-state index in [-0.39, 0.29) is 12.4 Å². The average molecular weight is 290 g/mol. The molecule has 2 aromatic carbocycles. The predicted molar refractivity (Wildman–Crippen MR) is 75.7 cm³/mol. The van der Waals surface area contributed by atoms with Crippen LogP contribution in [0.3, 0.4) is 0 Å². The number of benzene rings is 2. The molecule has 0 aliphatic carbocycles. The van der Waals surface area contributed by atoms with Crippen molar-refractivity contribution in [2.45, 2.75) is 6.61 Å². The second-order valence-electron chi connectivity index (χ2n) is 4.25. The zero-order valence-corrected chi connectivity index (χ0v) is 11.8. The maximum atomic E-state index is 14.0. The highest BCUT2D eigenvalue weighted by Crippen LogP contribution is 2.29. The number of hydrogen-bond donors (Lipinski definition) is 0. The molecule has 0 aliphatic rings. The van der Waals surface area contributed by atoms with Crippen LogP contribution in [0.4, 0.5) is 4.39 Å². The third kappa shape index (κ3) is 3.31. The van der Waals surface area contributed by atoms with Crippen LogP contribution in [-0.2, 0) is 6.61 Å². The van der Waals surface area contributed by atoms with Gasteiger partial charge < -0.3 is 14.2 Å². The van der Waals surface area contributed by atoms with Gasteiger partial charge >= 0.3 is 0 Å². The van der Waals surface area contributed by atoms with Crippen molar-refractivity contribution in [3.63, 3.8) is 0 Å². The number of hydrogen-bond acceptors (Lipinski definition) is 4. The van der Waals surface area contributed by atoms with Gasteiger partial charge in [-0.2, -0.15) is 0 Å². The van der Waals surface area contributed by atoms with Crippen LogP contribution in [0.5, 0.6) is 17.2 Å². The molecule has 0 unspecified atom stereocenters. The molecule has 0 aromatic heterocycles. The fourth-order valence-corrected chi connectivity index (χ4v) is 1.86. The van der Waals surface area contributed by atoms with Crippen LogP contribution in [0.15, 0.2) is 36.4 Å². The van der Waals surface area contributed by atoms with Crippen molar-refractivity contribution in [3.05, 3.63) is 53.3 Å². The van der Waals surface area contributed by atoms with E-state index in [1.54, 1.807) is 30.3 Å². The lowest BCUT2D eigenvalue weighted by molar-refractivity contribution is 0.112. The Bertz CT molecular complexity index is 640. The van der Waals surface area contributed by atoms with Crippen LogP contribution in [0.2, 0.25) is 0 Å². The molecule has 0 fully saturated rings. The SMILES string of the molecule is COc1ccc(C=O)cc1OCc1cccc(OC)c1F. The van der Waals surface area contributed by atoms with Crippen molar-refractivity contribution in [1.29, 1.82) is 0 Å². The molecule has 0 saturated carbocycles. The lowest BCUT2D eigenvalue weighted by Crippen LogP contribution is -2.02. The van der Waals surface area contributed by atoms with Gasteiger partial charge in [0.05, 0.1) is 14.2 Å². The number of carbonyl (C=O) groups excluding carboxylic acids is 1. The Kier molecular flexibility index (Phi) is 4.77. The molecular weight excluding hydrogens is 275 g/mol. The summed E-state index contributed by atoms with van der Waals surface area (Å²) in [7, 11) is 2.90. The summed E-state index contributed by atoms with van der Waals surface area (Å²) in [6, 6.07) is 9.61. The van der Waals surface area contributed by atoms with Crippen molar-refractivity contribution < 1.29 is 23.4 Å². The Labute approximate surface area is 122 Å². The number of halogens is 1. The van der Waals surface area contributed by atoms with Gasteiger partial charge in [0.15, 0.2) is 23.1 Å². The zero-order chi connectivity index (χ0) is 15.2. The van der Waals surface area contributed by atoms with E-state index in [0.29, 0.717) is 28.9 Å². The van der Waals surface area contributed by atoms with Gasteiger partial charge in [-0.05, 0) is 24.3 Å². The molecule has 0 amide bonds. The second kappa shape index (κ2) is 6.74. The quantitative estimate of drug-likeness (QED) is 0.766. The maximum absolute atomic E-state index is 14.0. The number of carbonyl (C=O) groups is 1. The summed E-state index contributed by atoms with van der Waals surface area (Å²) >= 11 is 0. The van der Waals surface area contributed by atoms with Crippen molar-refractivity contribution >= 4 is 6.29 Å². The van der Waals surface area contributed by atoms with Crippen molar-refractivity contribution in [1.82, 2.24) is 0 Å². The monoisotopic (exact) mass is 290 g/mol. The third-order valence-corrected chi connectivity index (χ3v) is 2.97. The Morgan fingerprint density at radius 2 is 1.81 bits per heavy atom. The van der Waals surface area contributed by atoms with Crippen molar-refractivity contribution in [2.75, 3.05) is 14.2 Å². The van der Waals surface area contributed by atoms with Gasteiger partial charge in [0.2, 0.25) is 0 Å². The van der Waals surface area contributed by atoms with Gasteiger partial charge in [-0.1, -0.05) is 12.1 Å². The van der Waals surface area contributed by atoms with Crippen molar-refractivity contribution in [3.8, 4) is 17.2 Å². The van der Waals surface area contributed by atoms with Gasteiger partial charge in [-0.3, -0.25) is 4.79 Å². The molecule has 4 nitrogen and oxygen atoms in total. The summed E-state index contributed by atoms with van der Waals surface area (Å²) in [6.45, 7) is 0.00169. The predicted octanol–water partition coefficient (Wildman–Crippen LogP) is 3.23. The van der Waals surface area contributed by atoms with Crippen LogP contribution >= 0.6 is 0 Å². The molecule has 0 saturated heterocycles.